The maximum absolute atomic E-state index is 12.9. The average Bonchev–Trinajstić information content (AvgIpc) is 2.98. The summed E-state index contributed by atoms with van der Waals surface area (Å²) in [5, 5.41) is 7.76. The number of carbonyl (C=O) groups excluding carboxylic acids is 1. The number of benzene rings is 1. The summed E-state index contributed by atoms with van der Waals surface area (Å²) in [6.07, 6.45) is 8.50. The third-order valence-electron chi connectivity index (χ3n) is 6.70. The van der Waals surface area contributed by atoms with Crippen LogP contribution in [0.1, 0.15) is 28.8 Å². The van der Waals surface area contributed by atoms with E-state index in [9.17, 15) is 9.59 Å². The van der Waals surface area contributed by atoms with Crippen LogP contribution in [0.5, 0.6) is 0 Å². The van der Waals surface area contributed by atoms with Crippen molar-refractivity contribution in [1.29, 1.82) is 0 Å². The minimum absolute atomic E-state index is 0.0371. The van der Waals surface area contributed by atoms with Crippen LogP contribution in [-0.4, -0.2) is 27.4 Å². The molecule has 0 bridgehead atoms. The van der Waals surface area contributed by atoms with Gasteiger partial charge >= 0.3 is 0 Å². The van der Waals surface area contributed by atoms with Crippen molar-refractivity contribution in [3.05, 3.63) is 63.1 Å². The molecule has 4 aliphatic rings. The number of fused-ring (bicyclic) bond motifs is 2. The molecule has 0 amide bonds. The lowest BCUT2D eigenvalue weighted by Crippen LogP contribution is -2.59. The van der Waals surface area contributed by atoms with Crippen LogP contribution < -0.4 is 16.3 Å². The van der Waals surface area contributed by atoms with E-state index < -0.39 is 5.66 Å². The molecule has 3 unspecified atom stereocenters. The Morgan fingerprint density at radius 3 is 2.93 bits per heavy atom. The smallest absolute Gasteiger partial charge is 0.258 e. The Balaban J connectivity index is 1.70. The van der Waals surface area contributed by atoms with Crippen LogP contribution in [0.25, 0.3) is 16.8 Å². The number of hydrazine groups is 1. The number of ketones is 1. The van der Waals surface area contributed by atoms with Crippen molar-refractivity contribution < 1.29 is 4.79 Å². The first-order chi connectivity index (χ1) is 13.0. The van der Waals surface area contributed by atoms with Crippen molar-refractivity contribution in [2.24, 2.45) is 7.05 Å². The maximum Gasteiger partial charge on any atom is 0.258 e. The highest BCUT2D eigenvalue weighted by atomic mass is 16.1. The number of nitrogens with zero attached hydrogens (tertiary/aromatic N) is 2. The SMILES string of the molecule is Cc1c2c3c4c(ccc3c(=O)n1C)CNN1C3C=CC(=O)CC3NC41C=C2. The molecule has 6 heteroatoms. The summed E-state index contributed by atoms with van der Waals surface area (Å²) < 4.78 is 1.73. The molecule has 2 aromatic rings. The van der Waals surface area contributed by atoms with Crippen LogP contribution in [0.3, 0.4) is 0 Å². The van der Waals surface area contributed by atoms with Gasteiger partial charge in [-0.15, -0.1) is 0 Å². The van der Waals surface area contributed by atoms with Crippen LogP contribution in [0.4, 0.5) is 0 Å². The van der Waals surface area contributed by atoms with E-state index in [4.69, 9.17) is 0 Å². The van der Waals surface area contributed by atoms with Gasteiger partial charge in [0.05, 0.1) is 6.04 Å². The average molecular weight is 360 g/mol. The molecule has 27 heavy (non-hydrogen) atoms. The molecule has 136 valence electrons. The molecule has 3 atom stereocenters. The molecule has 2 aliphatic carbocycles. The third-order valence-corrected chi connectivity index (χ3v) is 6.70. The van der Waals surface area contributed by atoms with Gasteiger partial charge in [0.15, 0.2) is 5.78 Å². The largest absolute Gasteiger partial charge is 0.315 e. The minimum Gasteiger partial charge on any atom is -0.315 e. The second kappa shape index (κ2) is 4.84. The van der Waals surface area contributed by atoms with Gasteiger partial charge in [-0.2, -0.15) is 0 Å². The summed E-state index contributed by atoms with van der Waals surface area (Å²) in [5.41, 5.74) is 7.49. The highest BCUT2D eigenvalue weighted by molar-refractivity contribution is 5.98. The van der Waals surface area contributed by atoms with Crippen molar-refractivity contribution in [2.75, 3.05) is 0 Å². The van der Waals surface area contributed by atoms with E-state index in [1.807, 2.05) is 26.1 Å². The molecule has 2 N–H and O–H groups in total. The fourth-order valence-corrected chi connectivity index (χ4v) is 5.33. The molecule has 1 saturated heterocycles. The lowest BCUT2D eigenvalue weighted by atomic mass is 9.81. The predicted molar refractivity (Wildman–Crippen MR) is 103 cm³/mol. The zero-order valence-electron chi connectivity index (χ0n) is 15.2. The van der Waals surface area contributed by atoms with E-state index in [1.165, 1.54) is 5.56 Å². The molecule has 6 rings (SSSR count). The number of hydrogen-bond acceptors (Lipinski definition) is 5. The summed E-state index contributed by atoms with van der Waals surface area (Å²) in [4.78, 5) is 24.9. The predicted octanol–water partition coefficient (Wildman–Crippen LogP) is 1.22. The zero-order chi connectivity index (χ0) is 18.5. The molecular formula is C21H20N4O2. The Kier molecular flexibility index (Phi) is 2.78. The van der Waals surface area contributed by atoms with Crippen LogP contribution in [0, 0.1) is 6.92 Å². The first kappa shape index (κ1) is 15.5. The lowest BCUT2D eigenvalue weighted by molar-refractivity contribution is -0.115. The van der Waals surface area contributed by atoms with Crippen molar-refractivity contribution in [2.45, 2.75) is 37.6 Å². The topological polar surface area (TPSA) is 66.4 Å². The molecule has 3 heterocycles. The number of allylic oxidation sites excluding steroid dienone is 1. The quantitative estimate of drug-likeness (QED) is 0.739. The highest BCUT2D eigenvalue weighted by Gasteiger charge is 2.55. The number of carbonyl (C=O) groups is 1. The summed E-state index contributed by atoms with van der Waals surface area (Å²) in [7, 11) is 1.83. The van der Waals surface area contributed by atoms with Crippen molar-refractivity contribution in [1.82, 2.24) is 20.3 Å². The van der Waals surface area contributed by atoms with Crippen molar-refractivity contribution in [3.63, 3.8) is 0 Å². The van der Waals surface area contributed by atoms with Gasteiger partial charge in [0.1, 0.15) is 5.66 Å². The van der Waals surface area contributed by atoms with Gasteiger partial charge in [-0.25, -0.2) is 10.4 Å². The number of rotatable bonds is 0. The molecule has 1 aromatic carbocycles. The van der Waals surface area contributed by atoms with E-state index in [0.29, 0.717) is 13.0 Å². The van der Waals surface area contributed by atoms with Crippen molar-refractivity contribution in [3.8, 4) is 0 Å². The number of pyridine rings is 1. The van der Waals surface area contributed by atoms with Gasteiger partial charge in [0.2, 0.25) is 0 Å². The van der Waals surface area contributed by atoms with Gasteiger partial charge < -0.3 is 4.57 Å². The Morgan fingerprint density at radius 1 is 1.22 bits per heavy atom. The number of aromatic nitrogens is 1. The number of nitrogens with one attached hydrogen (secondary N) is 2. The highest BCUT2D eigenvalue weighted by Crippen LogP contribution is 2.48. The third kappa shape index (κ3) is 1.71. The van der Waals surface area contributed by atoms with Gasteiger partial charge in [-0.3, -0.25) is 14.9 Å². The maximum atomic E-state index is 12.9. The van der Waals surface area contributed by atoms with E-state index in [-0.39, 0.29) is 23.4 Å². The van der Waals surface area contributed by atoms with Gasteiger partial charge in [0.25, 0.3) is 5.56 Å². The molecule has 6 nitrogen and oxygen atoms in total. The first-order valence-corrected chi connectivity index (χ1v) is 9.38. The second-order valence-corrected chi connectivity index (χ2v) is 7.96. The summed E-state index contributed by atoms with van der Waals surface area (Å²) in [6.45, 7) is 2.71. The number of hydrogen-bond donors (Lipinski definition) is 2. The van der Waals surface area contributed by atoms with Crippen molar-refractivity contribution >= 4 is 22.6 Å². The normalized spacial score (nSPS) is 30.7. The molecule has 0 saturated carbocycles. The Hall–Kier alpha value is -2.54. The van der Waals surface area contributed by atoms with Crippen LogP contribution in [-0.2, 0) is 24.0 Å². The Labute approximate surface area is 156 Å². The van der Waals surface area contributed by atoms with E-state index in [2.05, 4.69) is 34.0 Å². The molecule has 0 radical (unpaired) electrons. The molecular weight excluding hydrogens is 340 g/mol. The molecule has 1 fully saturated rings. The molecule has 2 aliphatic heterocycles. The van der Waals surface area contributed by atoms with Crippen LogP contribution in [0.2, 0.25) is 0 Å². The Bertz CT molecular complexity index is 1180. The first-order valence-electron chi connectivity index (χ1n) is 9.38. The van der Waals surface area contributed by atoms with Gasteiger partial charge in [0, 0.05) is 53.6 Å². The van der Waals surface area contributed by atoms with Crippen LogP contribution in [0.15, 0.2) is 35.2 Å². The van der Waals surface area contributed by atoms with E-state index >= 15 is 0 Å². The summed E-state index contributed by atoms with van der Waals surface area (Å²) in [5.74, 6) is 0.156. The zero-order valence-corrected chi connectivity index (χ0v) is 15.2. The minimum atomic E-state index is -0.539. The fraction of sp³-hybridized carbons (Fsp3) is 0.333. The second-order valence-electron chi connectivity index (χ2n) is 7.96. The van der Waals surface area contributed by atoms with E-state index in [1.54, 1.807) is 10.6 Å². The fourth-order valence-electron chi connectivity index (χ4n) is 5.33. The van der Waals surface area contributed by atoms with E-state index in [0.717, 1.165) is 27.6 Å². The Morgan fingerprint density at radius 2 is 2.07 bits per heavy atom. The lowest BCUT2D eigenvalue weighted by Gasteiger charge is -2.45. The standard InChI is InChI=1S/C21H20N4O2/c1-11-14-7-8-21-19-12(3-5-15(18(14)19)20(27)24(11)2)10-22-25(21)17-6-4-13(26)9-16(17)23-21/h3-8,16-17,22-23H,9-10H2,1-2H3. The van der Waals surface area contributed by atoms with Gasteiger partial charge in [-0.1, -0.05) is 18.2 Å². The molecule has 1 spiro atoms. The summed E-state index contributed by atoms with van der Waals surface area (Å²) >= 11 is 0. The van der Waals surface area contributed by atoms with Gasteiger partial charge in [-0.05, 0) is 30.7 Å². The summed E-state index contributed by atoms with van der Waals surface area (Å²) in [6, 6.07) is 4.17. The van der Waals surface area contributed by atoms with Crippen LogP contribution >= 0.6 is 0 Å². The monoisotopic (exact) mass is 360 g/mol. The molecule has 1 aromatic heterocycles.